The van der Waals surface area contributed by atoms with Crippen LogP contribution >= 0.6 is 12.4 Å². The summed E-state index contributed by atoms with van der Waals surface area (Å²) in [5.74, 6) is 0.791. The van der Waals surface area contributed by atoms with Gasteiger partial charge in [0, 0.05) is 12.1 Å². The molecule has 0 saturated heterocycles. The number of amides is 1. The first kappa shape index (κ1) is 20.7. The van der Waals surface area contributed by atoms with Crippen LogP contribution in [0.4, 0.5) is 0 Å². The first-order valence-electron chi connectivity index (χ1n) is 7.69. The van der Waals surface area contributed by atoms with Gasteiger partial charge in [-0.1, -0.05) is 26.0 Å². The molecule has 0 unspecified atom stereocenters. The molecule has 1 aromatic carbocycles. The number of nitrogens with two attached hydrogens (primary N) is 1. The first-order chi connectivity index (χ1) is 9.88. The zero-order valence-corrected chi connectivity index (χ0v) is 14.8. The van der Waals surface area contributed by atoms with Gasteiger partial charge >= 0.3 is 0 Å². The highest BCUT2D eigenvalue weighted by Gasteiger charge is 2.20. The maximum absolute atomic E-state index is 12.0. The molecule has 1 amide bonds. The molecule has 22 heavy (non-hydrogen) atoms. The van der Waals surface area contributed by atoms with E-state index in [9.17, 15) is 4.79 Å². The lowest BCUT2D eigenvalue weighted by atomic mass is 9.94. The van der Waals surface area contributed by atoms with Crippen molar-refractivity contribution in [1.82, 2.24) is 5.32 Å². The Labute approximate surface area is 140 Å². The van der Waals surface area contributed by atoms with E-state index in [0.717, 1.165) is 24.2 Å². The summed E-state index contributed by atoms with van der Waals surface area (Å²) in [4.78, 5) is 12.0. The summed E-state index contributed by atoms with van der Waals surface area (Å²) in [6, 6.07) is 7.66. The molecule has 0 heterocycles. The normalized spacial score (nSPS) is 11.0. The number of hydrogen-bond acceptors (Lipinski definition) is 3. The molecule has 3 N–H and O–H groups in total. The van der Waals surface area contributed by atoms with Crippen LogP contribution in [0, 0.1) is 0 Å². The number of hydrogen-bond donors (Lipinski definition) is 2. The Morgan fingerprint density at radius 3 is 2.50 bits per heavy atom. The molecule has 0 aromatic heterocycles. The molecule has 0 aliphatic heterocycles. The quantitative estimate of drug-likeness (QED) is 0.770. The van der Waals surface area contributed by atoms with Gasteiger partial charge in [-0.05, 0) is 44.4 Å². The van der Waals surface area contributed by atoms with E-state index < -0.39 is 0 Å². The van der Waals surface area contributed by atoms with Crippen LogP contribution in [-0.4, -0.2) is 24.1 Å². The van der Waals surface area contributed by atoms with Gasteiger partial charge in [-0.25, -0.2) is 0 Å². The van der Waals surface area contributed by atoms with Crippen LogP contribution in [0.1, 0.15) is 46.1 Å². The third-order valence-electron chi connectivity index (χ3n) is 3.68. The monoisotopic (exact) mass is 328 g/mol. The van der Waals surface area contributed by atoms with Crippen LogP contribution in [-0.2, 0) is 11.2 Å². The smallest absolute Gasteiger partial charge is 0.224 e. The zero-order valence-electron chi connectivity index (χ0n) is 14.0. The van der Waals surface area contributed by atoms with E-state index in [1.807, 2.05) is 52.0 Å². The Kier molecular flexibility index (Phi) is 9.14. The van der Waals surface area contributed by atoms with E-state index in [2.05, 4.69) is 5.32 Å². The summed E-state index contributed by atoms with van der Waals surface area (Å²) < 4.78 is 5.63. The number of carbonyl (C=O) groups is 1. The molecule has 0 aliphatic carbocycles. The van der Waals surface area contributed by atoms with Crippen molar-refractivity contribution in [2.24, 2.45) is 5.73 Å². The van der Waals surface area contributed by atoms with Crippen molar-refractivity contribution in [3.05, 3.63) is 29.8 Å². The van der Waals surface area contributed by atoms with Gasteiger partial charge in [0.2, 0.25) is 5.91 Å². The van der Waals surface area contributed by atoms with Gasteiger partial charge in [0.05, 0.1) is 12.5 Å². The van der Waals surface area contributed by atoms with Gasteiger partial charge in [0.15, 0.2) is 0 Å². The molecule has 0 bridgehead atoms. The van der Waals surface area contributed by atoms with Gasteiger partial charge in [-0.3, -0.25) is 4.79 Å². The average Bonchev–Trinajstić information content (AvgIpc) is 2.44. The lowest BCUT2D eigenvalue weighted by Gasteiger charge is -2.26. The van der Waals surface area contributed by atoms with Crippen LogP contribution in [0.25, 0.3) is 0 Å². The molecular formula is C17H29ClN2O2. The predicted molar refractivity (Wildman–Crippen MR) is 93.7 cm³/mol. The number of benzene rings is 1. The third kappa shape index (κ3) is 7.14. The summed E-state index contributed by atoms with van der Waals surface area (Å²) in [6.45, 7) is 8.57. The fraction of sp³-hybridized carbons (Fsp3) is 0.588. The van der Waals surface area contributed by atoms with Gasteiger partial charge in [-0.15, -0.1) is 12.4 Å². The van der Waals surface area contributed by atoms with Gasteiger partial charge in [0.25, 0.3) is 0 Å². The van der Waals surface area contributed by atoms with Crippen molar-refractivity contribution >= 4 is 18.3 Å². The lowest BCUT2D eigenvalue weighted by molar-refractivity contribution is -0.120. The van der Waals surface area contributed by atoms with E-state index in [-0.39, 0.29) is 30.0 Å². The van der Waals surface area contributed by atoms with Crippen molar-refractivity contribution in [1.29, 1.82) is 0 Å². The molecule has 0 aliphatic rings. The Morgan fingerprint density at radius 2 is 1.95 bits per heavy atom. The largest absolute Gasteiger partial charge is 0.491 e. The molecule has 0 radical (unpaired) electrons. The highest BCUT2D eigenvalue weighted by molar-refractivity contribution is 5.85. The summed E-state index contributed by atoms with van der Waals surface area (Å²) in [7, 11) is 0. The van der Waals surface area contributed by atoms with Crippen molar-refractivity contribution < 1.29 is 9.53 Å². The highest BCUT2D eigenvalue weighted by atomic mass is 35.5. The van der Waals surface area contributed by atoms with E-state index in [1.54, 1.807) is 0 Å². The molecule has 1 rings (SSSR count). The second-order valence-corrected chi connectivity index (χ2v) is 5.84. The Balaban J connectivity index is 0.00000441. The van der Waals surface area contributed by atoms with E-state index in [0.29, 0.717) is 13.0 Å². The average molecular weight is 329 g/mol. The minimum absolute atomic E-state index is 0. The van der Waals surface area contributed by atoms with E-state index >= 15 is 0 Å². The number of carbonyl (C=O) groups excluding carboxylic acids is 1. The van der Waals surface area contributed by atoms with Crippen molar-refractivity contribution in [3.8, 4) is 5.75 Å². The minimum atomic E-state index is -0.307. The maximum atomic E-state index is 12.0. The van der Waals surface area contributed by atoms with Gasteiger partial charge in [-0.2, -0.15) is 0 Å². The van der Waals surface area contributed by atoms with Gasteiger partial charge < -0.3 is 15.8 Å². The molecule has 4 nitrogen and oxygen atoms in total. The topological polar surface area (TPSA) is 64.3 Å². The fourth-order valence-corrected chi connectivity index (χ4v) is 2.02. The molecule has 0 saturated carbocycles. The summed E-state index contributed by atoms with van der Waals surface area (Å²) in [5, 5.41) is 2.93. The summed E-state index contributed by atoms with van der Waals surface area (Å²) >= 11 is 0. The molecule has 1 aromatic rings. The molecular weight excluding hydrogens is 300 g/mol. The Bertz CT molecular complexity index is 460. The SMILES string of the molecule is CCC(N)(CC)CNC(=O)Cc1cccc(OC(C)C)c1.Cl. The zero-order chi connectivity index (χ0) is 15.9. The van der Waals surface area contributed by atoms with Crippen LogP contribution in [0.2, 0.25) is 0 Å². The molecule has 0 spiro atoms. The molecule has 0 fully saturated rings. The summed E-state index contributed by atoms with van der Waals surface area (Å²) in [6.07, 6.45) is 2.17. The number of nitrogens with one attached hydrogen (secondary N) is 1. The number of halogens is 1. The molecule has 126 valence electrons. The highest BCUT2D eigenvalue weighted by Crippen LogP contribution is 2.15. The number of rotatable bonds is 8. The molecule has 0 atom stereocenters. The lowest BCUT2D eigenvalue weighted by Crippen LogP contribution is -2.49. The second-order valence-electron chi connectivity index (χ2n) is 5.84. The Morgan fingerprint density at radius 1 is 1.32 bits per heavy atom. The standard InChI is InChI=1S/C17H28N2O2.ClH/c1-5-17(18,6-2)12-19-16(20)11-14-8-7-9-15(10-14)21-13(3)4;/h7-10,13H,5-6,11-12,18H2,1-4H3,(H,19,20);1H. The minimum Gasteiger partial charge on any atom is -0.491 e. The van der Waals surface area contributed by atoms with E-state index in [4.69, 9.17) is 10.5 Å². The Hall–Kier alpha value is -1.26. The molecule has 5 heteroatoms. The predicted octanol–water partition coefficient (Wildman–Crippen LogP) is 3.07. The van der Waals surface area contributed by atoms with Crippen molar-refractivity contribution in [3.63, 3.8) is 0 Å². The van der Waals surface area contributed by atoms with Crippen molar-refractivity contribution in [2.75, 3.05) is 6.54 Å². The summed E-state index contributed by atoms with van der Waals surface area (Å²) in [5.41, 5.74) is 6.82. The fourth-order valence-electron chi connectivity index (χ4n) is 2.02. The van der Waals surface area contributed by atoms with Crippen molar-refractivity contribution in [2.45, 2.75) is 58.6 Å². The number of ether oxygens (including phenoxy) is 1. The van der Waals surface area contributed by atoms with Crippen LogP contribution in [0.15, 0.2) is 24.3 Å². The van der Waals surface area contributed by atoms with Gasteiger partial charge in [0.1, 0.15) is 5.75 Å². The maximum Gasteiger partial charge on any atom is 0.224 e. The van der Waals surface area contributed by atoms with Crippen LogP contribution in [0.5, 0.6) is 5.75 Å². The first-order valence-corrected chi connectivity index (χ1v) is 7.69. The second kappa shape index (κ2) is 9.70. The van der Waals surface area contributed by atoms with Crippen LogP contribution < -0.4 is 15.8 Å². The third-order valence-corrected chi connectivity index (χ3v) is 3.68. The van der Waals surface area contributed by atoms with Crippen LogP contribution in [0.3, 0.4) is 0 Å². The van der Waals surface area contributed by atoms with E-state index in [1.165, 1.54) is 0 Å².